The number of halogens is 2. The predicted octanol–water partition coefficient (Wildman–Crippen LogP) is 5.55. The Morgan fingerprint density at radius 3 is 2.62 bits per heavy atom. The van der Waals surface area contributed by atoms with Crippen molar-refractivity contribution in [3.63, 3.8) is 0 Å². The molecular weight excluding hydrogens is 454 g/mol. The molecule has 0 bridgehead atoms. The maximum absolute atomic E-state index is 13.1. The Morgan fingerprint density at radius 1 is 1.31 bits per heavy atom. The minimum absolute atomic E-state index is 0.241. The Kier molecular flexibility index (Phi) is 7.40. The van der Waals surface area contributed by atoms with Crippen LogP contribution in [0.1, 0.15) is 43.5 Å². The van der Waals surface area contributed by atoms with Crippen LogP contribution < -0.4 is 0 Å². The standard InChI is InChI=1S/C21H32F2N4O3SSi/c1-21(2,3)30-20(28)26-8-7-16-14(11-26)17(15-12-31-19(24-15)18(22)23)25-27(16)13-29-9-10-32(4,5)6/h12,18H,7-11,13H2,1-6H3. The Balaban J connectivity index is 1.85. The Bertz CT molecular complexity index is 950. The van der Waals surface area contributed by atoms with E-state index in [0.29, 0.717) is 31.0 Å². The van der Waals surface area contributed by atoms with Crippen LogP contribution in [0.5, 0.6) is 0 Å². The number of alkyl halides is 2. The van der Waals surface area contributed by atoms with Gasteiger partial charge in [0.2, 0.25) is 0 Å². The second kappa shape index (κ2) is 9.56. The molecule has 2 aromatic rings. The first-order valence-corrected chi connectivity index (χ1v) is 15.3. The number of carbonyl (C=O) groups is 1. The zero-order chi connectivity index (χ0) is 23.7. The summed E-state index contributed by atoms with van der Waals surface area (Å²) in [5, 5.41) is 6.01. The SMILES string of the molecule is CC(C)(C)OC(=O)N1CCc2c(c(-c3csc(C(F)F)n3)nn2COCC[Si](C)(C)C)C1. The van der Waals surface area contributed by atoms with Crippen molar-refractivity contribution in [3.05, 3.63) is 21.6 Å². The molecule has 0 spiro atoms. The van der Waals surface area contributed by atoms with Gasteiger partial charge in [-0.15, -0.1) is 11.3 Å². The van der Waals surface area contributed by atoms with Gasteiger partial charge in [-0.05, 0) is 26.8 Å². The van der Waals surface area contributed by atoms with E-state index in [1.165, 1.54) is 0 Å². The molecule has 178 valence electrons. The number of fused-ring (bicyclic) bond motifs is 1. The molecule has 3 rings (SSSR count). The molecule has 0 radical (unpaired) electrons. The summed E-state index contributed by atoms with van der Waals surface area (Å²) in [6.07, 6.45) is -2.46. The summed E-state index contributed by atoms with van der Waals surface area (Å²) in [6.45, 7) is 14.0. The van der Waals surface area contributed by atoms with Gasteiger partial charge in [0.05, 0.1) is 6.54 Å². The van der Waals surface area contributed by atoms with E-state index >= 15 is 0 Å². The lowest BCUT2D eigenvalue weighted by atomic mass is 10.0. The monoisotopic (exact) mass is 486 g/mol. The van der Waals surface area contributed by atoms with Gasteiger partial charge in [-0.3, -0.25) is 0 Å². The van der Waals surface area contributed by atoms with E-state index < -0.39 is 26.2 Å². The fraction of sp³-hybridized carbons (Fsp3) is 0.667. The molecule has 11 heteroatoms. The lowest BCUT2D eigenvalue weighted by molar-refractivity contribution is 0.0219. The zero-order valence-electron chi connectivity index (χ0n) is 19.6. The second-order valence-corrected chi connectivity index (χ2v) is 16.7. The summed E-state index contributed by atoms with van der Waals surface area (Å²) in [5.41, 5.74) is 2.07. The van der Waals surface area contributed by atoms with Gasteiger partial charge in [-0.1, -0.05) is 19.6 Å². The van der Waals surface area contributed by atoms with Crippen molar-refractivity contribution >= 4 is 25.5 Å². The quantitative estimate of drug-likeness (QED) is 0.379. The molecule has 1 aliphatic heterocycles. The van der Waals surface area contributed by atoms with Crippen molar-refractivity contribution in [2.24, 2.45) is 0 Å². The third kappa shape index (κ3) is 6.35. The van der Waals surface area contributed by atoms with Crippen molar-refractivity contribution in [1.82, 2.24) is 19.7 Å². The third-order valence-electron chi connectivity index (χ3n) is 4.95. The van der Waals surface area contributed by atoms with Gasteiger partial charge in [-0.2, -0.15) is 5.10 Å². The largest absolute Gasteiger partial charge is 0.444 e. The number of nitrogens with zero attached hydrogens (tertiary/aromatic N) is 4. The first-order chi connectivity index (χ1) is 14.8. The van der Waals surface area contributed by atoms with Gasteiger partial charge in [-0.25, -0.2) is 23.2 Å². The number of amides is 1. The van der Waals surface area contributed by atoms with Crippen molar-refractivity contribution in [3.8, 4) is 11.4 Å². The van der Waals surface area contributed by atoms with Gasteiger partial charge in [0.25, 0.3) is 6.43 Å². The fourth-order valence-electron chi connectivity index (χ4n) is 3.31. The molecule has 1 amide bonds. The van der Waals surface area contributed by atoms with E-state index in [9.17, 15) is 13.6 Å². The van der Waals surface area contributed by atoms with Crippen LogP contribution in [0.2, 0.25) is 25.7 Å². The Hall–Kier alpha value is -1.85. The molecule has 3 heterocycles. The number of aromatic nitrogens is 3. The van der Waals surface area contributed by atoms with E-state index in [4.69, 9.17) is 9.47 Å². The summed E-state index contributed by atoms with van der Waals surface area (Å²) in [5.74, 6) is 0. The number of hydrogen-bond donors (Lipinski definition) is 0. The molecular formula is C21H32F2N4O3SSi. The van der Waals surface area contributed by atoms with Crippen LogP contribution in [0.3, 0.4) is 0 Å². The first kappa shape index (κ1) is 24.8. The summed E-state index contributed by atoms with van der Waals surface area (Å²) >= 11 is 0.909. The number of carbonyl (C=O) groups excluding carboxylic acids is 1. The molecule has 0 N–H and O–H groups in total. The highest BCUT2D eigenvalue weighted by atomic mass is 32.1. The zero-order valence-corrected chi connectivity index (χ0v) is 21.4. The minimum atomic E-state index is -2.63. The summed E-state index contributed by atoms with van der Waals surface area (Å²) < 4.78 is 39.4. The normalized spacial score (nSPS) is 14.7. The second-order valence-electron chi connectivity index (χ2n) is 10.1. The van der Waals surface area contributed by atoms with Crippen LogP contribution in [0, 0.1) is 0 Å². The van der Waals surface area contributed by atoms with E-state index in [0.717, 1.165) is 28.6 Å². The predicted molar refractivity (Wildman–Crippen MR) is 123 cm³/mol. The van der Waals surface area contributed by atoms with Gasteiger partial charge in [0.1, 0.15) is 23.7 Å². The summed E-state index contributed by atoms with van der Waals surface area (Å²) in [6, 6.07) is 1.04. The Labute approximate surface area is 192 Å². The average molecular weight is 487 g/mol. The lowest BCUT2D eigenvalue weighted by Gasteiger charge is -2.30. The average Bonchev–Trinajstić information content (AvgIpc) is 3.28. The van der Waals surface area contributed by atoms with Crippen LogP contribution in [0.4, 0.5) is 13.6 Å². The van der Waals surface area contributed by atoms with E-state index in [1.807, 2.05) is 20.8 Å². The third-order valence-corrected chi connectivity index (χ3v) is 7.50. The molecule has 0 atom stereocenters. The maximum atomic E-state index is 13.1. The van der Waals surface area contributed by atoms with E-state index in [-0.39, 0.29) is 18.3 Å². The van der Waals surface area contributed by atoms with Crippen LogP contribution in [-0.2, 0) is 29.2 Å². The first-order valence-electron chi connectivity index (χ1n) is 10.7. The number of thiazole rings is 1. The van der Waals surface area contributed by atoms with Crippen molar-refractivity contribution in [2.45, 2.75) is 78.2 Å². The molecule has 2 aromatic heterocycles. The molecule has 0 aromatic carbocycles. The van der Waals surface area contributed by atoms with Gasteiger partial charge >= 0.3 is 6.09 Å². The van der Waals surface area contributed by atoms with Crippen molar-refractivity contribution in [2.75, 3.05) is 13.2 Å². The van der Waals surface area contributed by atoms with E-state index in [2.05, 4.69) is 29.7 Å². The lowest BCUT2D eigenvalue weighted by Crippen LogP contribution is -2.40. The molecule has 0 fully saturated rings. The molecule has 32 heavy (non-hydrogen) atoms. The highest BCUT2D eigenvalue weighted by Crippen LogP contribution is 2.33. The fourth-order valence-corrected chi connectivity index (χ4v) is 4.72. The molecule has 0 saturated carbocycles. The smallest absolute Gasteiger partial charge is 0.410 e. The van der Waals surface area contributed by atoms with Gasteiger partial charge in [0.15, 0.2) is 5.01 Å². The molecule has 0 saturated heterocycles. The van der Waals surface area contributed by atoms with E-state index in [1.54, 1.807) is 15.0 Å². The highest BCUT2D eigenvalue weighted by Gasteiger charge is 2.31. The van der Waals surface area contributed by atoms with Crippen LogP contribution in [0.25, 0.3) is 11.4 Å². The Morgan fingerprint density at radius 2 is 2.03 bits per heavy atom. The number of ether oxygens (including phenoxy) is 2. The molecule has 1 aliphatic rings. The minimum Gasteiger partial charge on any atom is -0.444 e. The maximum Gasteiger partial charge on any atom is 0.410 e. The van der Waals surface area contributed by atoms with Crippen molar-refractivity contribution in [1.29, 1.82) is 0 Å². The van der Waals surface area contributed by atoms with Crippen molar-refractivity contribution < 1.29 is 23.0 Å². The number of hydrogen-bond acceptors (Lipinski definition) is 6. The van der Waals surface area contributed by atoms with Crippen LogP contribution >= 0.6 is 11.3 Å². The summed E-state index contributed by atoms with van der Waals surface area (Å²) in [7, 11) is -1.21. The molecule has 0 aliphatic carbocycles. The highest BCUT2D eigenvalue weighted by molar-refractivity contribution is 7.10. The molecule has 0 unspecified atom stereocenters. The van der Waals surface area contributed by atoms with Crippen LogP contribution in [-0.4, -0.2) is 52.6 Å². The van der Waals surface area contributed by atoms with Gasteiger partial charge in [0, 0.05) is 44.3 Å². The molecule has 7 nitrogen and oxygen atoms in total. The van der Waals surface area contributed by atoms with Gasteiger partial charge < -0.3 is 14.4 Å². The topological polar surface area (TPSA) is 69.5 Å². The summed E-state index contributed by atoms with van der Waals surface area (Å²) in [4.78, 5) is 18.3. The van der Waals surface area contributed by atoms with Crippen LogP contribution in [0.15, 0.2) is 5.38 Å². The number of rotatable bonds is 7.